The second-order valence-corrected chi connectivity index (χ2v) is 3.10. The Bertz CT molecular complexity index is 194. The minimum Gasteiger partial charge on any atom is -0.372 e. The van der Waals surface area contributed by atoms with Gasteiger partial charge in [-0.2, -0.15) is 5.10 Å². The molecule has 0 radical (unpaired) electrons. The van der Waals surface area contributed by atoms with Crippen molar-refractivity contribution in [3.8, 4) is 0 Å². The summed E-state index contributed by atoms with van der Waals surface area (Å²) in [5.74, 6) is 0.495. The first-order valence-corrected chi connectivity index (χ1v) is 3.87. The Morgan fingerprint density at radius 2 is 2.27 bits per heavy atom. The molecule has 0 aliphatic carbocycles. The lowest BCUT2D eigenvalue weighted by molar-refractivity contribution is 0.0687. The monoisotopic (exact) mass is 154 g/mol. The van der Waals surface area contributed by atoms with Gasteiger partial charge < -0.3 is 5.11 Å². The summed E-state index contributed by atoms with van der Waals surface area (Å²) in [5.41, 5.74) is 0. The average molecular weight is 154 g/mol. The lowest BCUT2D eigenvalue weighted by atomic mass is 10.1. The molecule has 1 heterocycles. The number of hydrogen-bond donors (Lipinski definition) is 1. The molecule has 0 spiro atoms. The van der Waals surface area contributed by atoms with Crippen molar-refractivity contribution < 1.29 is 5.11 Å². The Morgan fingerprint density at radius 1 is 1.55 bits per heavy atom. The first-order chi connectivity index (χ1) is 5.20. The van der Waals surface area contributed by atoms with Crippen molar-refractivity contribution in [3.63, 3.8) is 0 Å². The van der Waals surface area contributed by atoms with Crippen LogP contribution in [-0.2, 0) is 0 Å². The van der Waals surface area contributed by atoms with Gasteiger partial charge in [-0.15, -0.1) is 0 Å². The van der Waals surface area contributed by atoms with Crippen molar-refractivity contribution >= 4 is 0 Å². The van der Waals surface area contributed by atoms with Crippen molar-refractivity contribution in [1.82, 2.24) is 9.78 Å². The molecule has 1 unspecified atom stereocenters. The van der Waals surface area contributed by atoms with Crippen LogP contribution in [0.5, 0.6) is 0 Å². The van der Waals surface area contributed by atoms with Gasteiger partial charge in [0, 0.05) is 12.4 Å². The molecular formula is C8H14N2O. The highest BCUT2D eigenvalue weighted by Gasteiger charge is 2.07. The first-order valence-electron chi connectivity index (χ1n) is 3.87. The van der Waals surface area contributed by atoms with E-state index in [0.717, 1.165) is 6.42 Å². The first kappa shape index (κ1) is 8.27. The zero-order valence-electron chi connectivity index (χ0n) is 6.94. The van der Waals surface area contributed by atoms with E-state index in [0.29, 0.717) is 5.92 Å². The van der Waals surface area contributed by atoms with E-state index in [1.807, 2.05) is 6.07 Å². The molecule has 0 aliphatic heterocycles. The molecule has 3 nitrogen and oxygen atoms in total. The van der Waals surface area contributed by atoms with Gasteiger partial charge in [0.15, 0.2) is 0 Å². The van der Waals surface area contributed by atoms with Crippen molar-refractivity contribution in [2.24, 2.45) is 5.92 Å². The van der Waals surface area contributed by atoms with Gasteiger partial charge in [0.1, 0.15) is 6.23 Å². The van der Waals surface area contributed by atoms with E-state index in [-0.39, 0.29) is 0 Å². The minimum atomic E-state index is -0.468. The highest BCUT2D eigenvalue weighted by atomic mass is 16.3. The van der Waals surface area contributed by atoms with E-state index in [4.69, 9.17) is 0 Å². The summed E-state index contributed by atoms with van der Waals surface area (Å²) in [7, 11) is 0. The van der Waals surface area contributed by atoms with Crippen molar-refractivity contribution in [2.75, 3.05) is 0 Å². The van der Waals surface area contributed by atoms with Gasteiger partial charge in [0.05, 0.1) is 0 Å². The summed E-state index contributed by atoms with van der Waals surface area (Å²) in [4.78, 5) is 0. The maximum absolute atomic E-state index is 9.48. The van der Waals surface area contributed by atoms with Gasteiger partial charge in [0.25, 0.3) is 0 Å². The number of rotatable bonds is 3. The average Bonchev–Trinajstić information content (AvgIpc) is 2.35. The molecule has 0 aliphatic rings. The van der Waals surface area contributed by atoms with Crippen LogP contribution in [0, 0.1) is 5.92 Å². The molecule has 0 bridgehead atoms. The summed E-state index contributed by atoms with van der Waals surface area (Å²) < 4.78 is 1.57. The summed E-state index contributed by atoms with van der Waals surface area (Å²) in [6.07, 6.45) is 3.73. The molecule has 11 heavy (non-hydrogen) atoms. The third-order valence-electron chi connectivity index (χ3n) is 1.51. The number of aliphatic hydroxyl groups is 1. The Kier molecular flexibility index (Phi) is 2.65. The molecule has 1 aromatic rings. The molecule has 1 aromatic heterocycles. The fourth-order valence-electron chi connectivity index (χ4n) is 0.987. The Labute approximate surface area is 66.7 Å². The predicted molar refractivity (Wildman–Crippen MR) is 42.9 cm³/mol. The van der Waals surface area contributed by atoms with Gasteiger partial charge in [-0.05, 0) is 18.4 Å². The molecule has 0 amide bonds. The zero-order chi connectivity index (χ0) is 8.27. The Morgan fingerprint density at radius 3 is 2.73 bits per heavy atom. The van der Waals surface area contributed by atoms with Crippen LogP contribution in [0.2, 0.25) is 0 Å². The highest BCUT2D eigenvalue weighted by molar-refractivity contribution is 4.79. The molecule has 1 N–H and O–H groups in total. The number of aliphatic hydroxyl groups excluding tert-OH is 1. The van der Waals surface area contributed by atoms with E-state index in [1.165, 1.54) is 0 Å². The molecule has 0 aromatic carbocycles. The normalized spacial score (nSPS) is 13.8. The smallest absolute Gasteiger partial charge is 0.147 e. The maximum atomic E-state index is 9.48. The van der Waals surface area contributed by atoms with Crippen molar-refractivity contribution in [2.45, 2.75) is 26.5 Å². The lowest BCUT2D eigenvalue weighted by Crippen LogP contribution is -2.10. The minimum absolute atomic E-state index is 0.468. The van der Waals surface area contributed by atoms with Crippen LogP contribution in [0.3, 0.4) is 0 Å². The van der Waals surface area contributed by atoms with Gasteiger partial charge in [0.2, 0.25) is 0 Å². The van der Waals surface area contributed by atoms with E-state index in [9.17, 15) is 5.11 Å². The molecule has 1 atom stereocenters. The summed E-state index contributed by atoms with van der Waals surface area (Å²) in [5, 5.41) is 13.4. The fourth-order valence-corrected chi connectivity index (χ4v) is 0.987. The summed E-state index contributed by atoms with van der Waals surface area (Å²) in [6, 6.07) is 1.81. The molecular weight excluding hydrogens is 140 g/mol. The summed E-state index contributed by atoms with van der Waals surface area (Å²) >= 11 is 0. The van der Waals surface area contributed by atoms with Crippen LogP contribution >= 0.6 is 0 Å². The van der Waals surface area contributed by atoms with Crippen LogP contribution in [-0.4, -0.2) is 14.9 Å². The second-order valence-electron chi connectivity index (χ2n) is 3.10. The largest absolute Gasteiger partial charge is 0.372 e. The zero-order valence-corrected chi connectivity index (χ0v) is 6.94. The van der Waals surface area contributed by atoms with E-state index < -0.39 is 6.23 Å². The number of aromatic nitrogens is 2. The standard InChI is InChI=1S/C8H14N2O/c1-7(2)6-8(11)10-5-3-4-9-10/h3-5,7-8,11H,6H2,1-2H3. The van der Waals surface area contributed by atoms with E-state index in [1.54, 1.807) is 17.1 Å². The van der Waals surface area contributed by atoms with E-state index >= 15 is 0 Å². The Balaban J connectivity index is 2.49. The van der Waals surface area contributed by atoms with Gasteiger partial charge in [-0.25, -0.2) is 4.68 Å². The lowest BCUT2D eigenvalue weighted by Gasteiger charge is -2.12. The fraction of sp³-hybridized carbons (Fsp3) is 0.625. The predicted octanol–water partition coefficient (Wildman–Crippen LogP) is 1.42. The number of nitrogens with zero attached hydrogens (tertiary/aromatic N) is 2. The molecule has 1 rings (SSSR count). The van der Waals surface area contributed by atoms with Crippen molar-refractivity contribution in [1.29, 1.82) is 0 Å². The molecule has 0 saturated heterocycles. The van der Waals surface area contributed by atoms with Crippen molar-refractivity contribution in [3.05, 3.63) is 18.5 Å². The molecule has 0 fully saturated rings. The van der Waals surface area contributed by atoms with Gasteiger partial charge >= 0.3 is 0 Å². The van der Waals surface area contributed by atoms with Crippen LogP contribution in [0.1, 0.15) is 26.5 Å². The second kappa shape index (κ2) is 3.53. The number of hydrogen-bond acceptors (Lipinski definition) is 2. The van der Waals surface area contributed by atoms with E-state index in [2.05, 4.69) is 18.9 Å². The Hall–Kier alpha value is -0.830. The SMILES string of the molecule is CC(C)CC(O)n1cccn1. The van der Waals surface area contributed by atoms with Gasteiger partial charge in [-0.1, -0.05) is 13.8 Å². The quantitative estimate of drug-likeness (QED) is 0.715. The molecule has 3 heteroatoms. The molecule has 0 saturated carbocycles. The van der Waals surface area contributed by atoms with Crippen LogP contribution in [0.25, 0.3) is 0 Å². The topological polar surface area (TPSA) is 38.0 Å². The maximum Gasteiger partial charge on any atom is 0.147 e. The van der Waals surface area contributed by atoms with Crippen LogP contribution < -0.4 is 0 Å². The highest BCUT2D eigenvalue weighted by Crippen LogP contribution is 2.12. The summed E-state index contributed by atoms with van der Waals surface area (Å²) in [6.45, 7) is 4.15. The third-order valence-corrected chi connectivity index (χ3v) is 1.51. The third kappa shape index (κ3) is 2.35. The molecule has 62 valence electrons. The van der Waals surface area contributed by atoms with Crippen LogP contribution in [0.15, 0.2) is 18.5 Å². The van der Waals surface area contributed by atoms with Crippen LogP contribution in [0.4, 0.5) is 0 Å². The van der Waals surface area contributed by atoms with Gasteiger partial charge in [-0.3, -0.25) is 0 Å².